The van der Waals surface area contributed by atoms with Gasteiger partial charge >= 0.3 is 0 Å². The standard InChI is InChI=1S/C18H26N2O3S/c21-18(15-9-5-2-6-10-15)20-17-13-24(22,23)12-16(17)19-11-14-7-3-1-4-8-14/h1,3-4,7-8,15-17,19H,2,5-6,9-13H2,(H,20,21)/t16-,17-/m0/s1. The van der Waals surface area contributed by atoms with E-state index in [1.807, 2.05) is 30.3 Å². The van der Waals surface area contributed by atoms with Crippen LogP contribution in [0.15, 0.2) is 30.3 Å². The lowest BCUT2D eigenvalue weighted by Gasteiger charge is -2.25. The summed E-state index contributed by atoms with van der Waals surface area (Å²) in [6.07, 6.45) is 5.23. The van der Waals surface area contributed by atoms with Gasteiger partial charge in [0.05, 0.1) is 17.5 Å². The van der Waals surface area contributed by atoms with E-state index < -0.39 is 9.84 Å². The highest BCUT2D eigenvalue weighted by molar-refractivity contribution is 7.91. The van der Waals surface area contributed by atoms with E-state index in [-0.39, 0.29) is 35.4 Å². The van der Waals surface area contributed by atoms with Crippen molar-refractivity contribution < 1.29 is 13.2 Å². The summed E-state index contributed by atoms with van der Waals surface area (Å²) < 4.78 is 24.1. The molecule has 0 unspecified atom stereocenters. The maximum absolute atomic E-state index is 12.5. The number of rotatable bonds is 5. The number of carbonyl (C=O) groups is 1. The Kier molecular flexibility index (Phi) is 5.56. The summed E-state index contributed by atoms with van der Waals surface area (Å²) >= 11 is 0. The lowest BCUT2D eigenvalue weighted by atomic mass is 9.88. The maximum atomic E-state index is 12.5. The van der Waals surface area contributed by atoms with Crippen LogP contribution < -0.4 is 10.6 Å². The van der Waals surface area contributed by atoms with Gasteiger partial charge in [0.25, 0.3) is 0 Å². The van der Waals surface area contributed by atoms with Gasteiger partial charge in [0.2, 0.25) is 5.91 Å². The van der Waals surface area contributed by atoms with Gasteiger partial charge in [-0.2, -0.15) is 0 Å². The highest BCUT2D eigenvalue weighted by atomic mass is 32.2. The maximum Gasteiger partial charge on any atom is 0.223 e. The van der Waals surface area contributed by atoms with Crippen LogP contribution in [0, 0.1) is 5.92 Å². The third kappa shape index (κ3) is 4.57. The Labute approximate surface area is 144 Å². The van der Waals surface area contributed by atoms with Gasteiger partial charge in [-0.05, 0) is 18.4 Å². The van der Waals surface area contributed by atoms with Crippen molar-refractivity contribution in [2.24, 2.45) is 5.92 Å². The normalized spacial score (nSPS) is 27.0. The molecule has 5 nitrogen and oxygen atoms in total. The molecule has 2 N–H and O–H groups in total. The first-order valence-electron chi connectivity index (χ1n) is 8.81. The molecule has 6 heteroatoms. The first-order valence-corrected chi connectivity index (χ1v) is 10.6. The summed E-state index contributed by atoms with van der Waals surface area (Å²) in [7, 11) is -3.10. The van der Waals surface area contributed by atoms with Crippen molar-refractivity contribution in [2.75, 3.05) is 11.5 Å². The first-order chi connectivity index (χ1) is 11.5. The molecule has 1 saturated heterocycles. The van der Waals surface area contributed by atoms with Crippen molar-refractivity contribution in [1.29, 1.82) is 0 Å². The molecule has 1 amide bonds. The second-order valence-corrected chi connectivity index (χ2v) is 9.15. The summed E-state index contributed by atoms with van der Waals surface area (Å²) in [4.78, 5) is 12.5. The zero-order chi connectivity index (χ0) is 17.0. The highest BCUT2D eigenvalue weighted by Crippen LogP contribution is 2.24. The van der Waals surface area contributed by atoms with Crippen LogP contribution >= 0.6 is 0 Å². The van der Waals surface area contributed by atoms with E-state index in [0.717, 1.165) is 31.2 Å². The van der Waals surface area contributed by atoms with Crippen LogP contribution in [-0.2, 0) is 21.2 Å². The molecule has 0 spiro atoms. The summed E-state index contributed by atoms with van der Waals surface area (Å²) in [6.45, 7) is 0.608. The predicted molar refractivity (Wildman–Crippen MR) is 94.2 cm³/mol. The molecule has 2 atom stereocenters. The number of amides is 1. The molecule has 3 rings (SSSR count). The fourth-order valence-corrected chi connectivity index (χ4v) is 5.60. The Morgan fingerprint density at radius 1 is 1.00 bits per heavy atom. The molecule has 0 bridgehead atoms. The van der Waals surface area contributed by atoms with E-state index >= 15 is 0 Å². The molecule has 2 fully saturated rings. The van der Waals surface area contributed by atoms with Crippen molar-refractivity contribution in [3.05, 3.63) is 35.9 Å². The Hall–Kier alpha value is -1.40. The molecule has 1 saturated carbocycles. The molecule has 1 heterocycles. The summed E-state index contributed by atoms with van der Waals surface area (Å²) in [6, 6.07) is 9.35. The van der Waals surface area contributed by atoms with Crippen LogP contribution in [0.5, 0.6) is 0 Å². The molecule has 24 heavy (non-hydrogen) atoms. The van der Waals surface area contributed by atoms with Crippen molar-refractivity contribution in [1.82, 2.24) is 10.6 Å². The van der Waals surface area contributed by atoms with Gasteiger partial charge in [0.15, 0.2) is 9.84 Å². The fourth-order valence-electron chi connectivity index (χ4n) is 3.70. The minimum Gasteiger partial charge on any atom is -0.350 e. The Balaban J connectivity index is 1.60. The van der Waals surface area contributed by atoms with E-state index in [9.17, 15) is 13.2 Å². The molecule has 1 aromatic carbocycles. The molecule has 0 aromatic heterocycles. The number of carbonyl (C=O) groups excluding carboxylic acids is 1. The second kappa shape index (κ2) is 7.66. The van der Waals surface area contributed by atoms with Gasteiger partial charge in [-0.25, -0.2) is 8.42 Å². The third-order valence-corrected chi connectivity index (χ3v) is 6.80. The van der Waals surface area contributed by atoms with E-state index in [2.05, 4.69) is 10.6 Å². The number of hydrogen-bond acceptors (Lipinski definition) is 4. The number of benzene rings is 1. The molecule has 1 aliphatic carbocycles. The quantitative estimate of drug-likeness (QED) is 0.846. The lowest BCUT2D eigenvalue weighted by molar-refractivity contribution is -0.126. The minimum absolute atomic E-state index is 0.0308. The zero-order valence-electron chi connectivity index (χ0n) is 13.9. The molecule has 132 valence electrons. The number of nitrogens with one attached hydrogen (secondary N) is 2. The monoisotopic (exact) mass is 350 g/mol. The number of hydrogen-bond donors (Lipinski definition) is 2. The zero-order valence-corrected chi connectivity index (χ0v) is 14.7. The highest BCUT2D eigenvalue weighted by Gasteiger charge is 2.39. The van der Waals surface area contributed by atoms with Crippen molar-refractivity contribution >= 4 is 15.7 Å². The Morgan fingerprint density at radius 3 is 2.38 bits per heavy atom. The average molecular weight is 350 g/mol. The summed E-state index contributed by atoms with van der Waals surface area (Å²) in [5.41, 5.74) is 1.11. The van der Waals surface area contributed by atoms with Gasteiger partial charge in [-0.1, -0.05) is 49.6 Å². The molecule has 1 aliphatic heterocycles. The smallest absolute Gasteiger partial charge is 0.223 e. The molecule has 0 radical (unpaired) electrons. The fraction of sp³-hybridized carbons (Fsp3) is 0.611. The molecule has 2 aliphatic rings. The average Bonchev–Trinajstić information content (AvgIpc) is 2.88. The third-order valence-electron chi connectivity index (χ3n) is 5.07. The Bertz CT molecular complexity index is 654. The van der Waals surface area contributed by atoms with Crippen LogP contribution in [-0.4, -0.2) is 37.9 Å². The molecular weight excluding hydrogens is 324 g/mol. The molecule has 1 aromatic rings. The number of sulfone groups is 1. The van der Waals surface area contributed by atoms with E-state index in [1.54, 1.807) is 0 Å². The van der Waals surface area contributed by atoms with Crippen LogP contribution in [0.25, 0.3) is 0 Å². The molecular formula is C18H26N2O3S. The van der Waals surface area contributed by atoms with Gasteiger partial charge in [0.1, 0.15) is 0 Å². The van der Waals surface area contributed by atoms with Crippen molar-refractivity contribution in [2.45, 2.75) is 50.7 Å². The minimum atomic E-state index is -3.10. The van der Waals surface area contributed by atoms with Crippen molar-refractivity contribution in [3.63, 3.8) is 0 Å². The van der Waals surface area contributed by atoms with Crippen LogP contribution in [0.4, 0.5) is 0 Å². The van der Waals surface area contributed by atoms with Crippen molar-refractivity contribution in [3.8, 4) is 0 Å². The first kappa shape index (κ1) is 17.4. The Morgan fingerprint density at radius 2 is 1.67 bits per heavy atom. The predicted octanol–water partition coefficient (Wildman–Crippen LogP) is 1.64. The second-order valence-electron chi connectivity index (χ2n) is 7.00. The van der Waals surface area contributed by atoms with Crippen LogP contribution in [0.3, 0.4) is 0 Å². The van der Waals surface area contributed by atoms with Gasteiger partial charge in [-0.15, -0.1) is 0 Å². The lowest BCUT2D eigenvalue weighted by Crippen LogP contribution is -2.50. The van der Waals surface area contributed by atoms with Crippen LogP contribution in [0.2, 0.25) is 0 Å². The SMILES string of the molecule is O=C(N[C@H]1CS(=O)(=O)C[C@@H]1NCc1ccccc1)C1CCCCC1. The van der Waals surface area contributed by atoms with Crippen LogP contribution in [0.1, 0.15) is 37.7 Å². The largest absolute Gasteiger partial charge is 0.350 e. The van der Waals surface area contributed by atoms with E-state index in [4.69, 9.17) is 0 Å². The van der Waals surface area contributed by atoms with Gasteiger partial charge in [0, 0.05) is 18.5 Å². The van der Waals surface area contributed by atoms with Gasteiger partial charge < -0.3 is 10.6 Å². The van der Waals surface area contributed by atoms with E-state index in [1.165, 1.54) is 6.42 Å². The summed E-state index contributed by atoms with van der Waals surface area (Å²) in [5.74, 6) is 0.216. The topological polar surface area (TPSA) is 75.3 Å². The van der Waals surface area contributed by atoms with Gasteiger partial charge in [-0.3, -0.25) is 4.79 Å². The summed E-state index contributed by atoms with van der Waals surface area (Å²) in [5, 5.41) is 6.33. The van der Waals surface area contributed by atoms with E-state index in [0.29, 0.717) is 6.54 Å².